The van der Waals surface area contributed by atoms with Crippen LogP contribution in [0.15, 0.2) is 60.5 Å². The predicted molar refractivity (Wildman–Crippen MR) is 57.9 cm³/mol. The van der Waals surface area contributed by atoms with Crippen LogP contribution in [0.5, 0.6) is 0 Å². The van der Waals surface area contributed by atoms with Crippen LogP contribution in [-0.4, -0.2) is 15.0 Å². The van der Waals surface area contributed by atoms with E-state index in [2.05, 4.69) is 0 Å². The van der Waals surface area contributed by atoms with E-state index in [4.69, 9.17) is 6.85 Å². The molecule has 0 bridgehead atoms. The SMILES string of the molecule is [3H]c1c([3H])c([3H])c([Se]c2ccccc2)c([3H])c1[3H]. The third-order valence-corrected chi connectivity index (χ3v) is 3.36. The Kier molecular flexibility index (Phi) is 1.46. The van der Waals surface area contributed by atoms with Gasteiger partial charge in [0.25, 0.3) is 0 Å². The standard InChI is InChI=1S/C12H10Se/c1-3-7-11(8-4-1)13-12-9-5-2-6-10-12/h1-10H/i1T,3T,4T,7T,8T. The summed E-state index contributed by atoms with van der Waals surface area (Å²) < 4.78 is 39.8. The van der Waals surface area contributed by atoms with Crippen molar-refractivity contribution in [2.75, 3.05) is 0 Å². The van der Waals surface area contributed by atoms with Crippen LogP contribution in [0, 0.1) is 0 Å². The average Bonchev–Trinajstić information content (AvgIpc) is 2.40. The topological polar surface area (TPSA) is 0 Å². The zero-order valence-electron chi connectivity index (χ0n) is 11.8. The maximum absolute atomic E-state index is 7.83. The number of benzene rings is 2. The fourth-order valence-electron chi connectivity index (χ4n) is 0.896. The minimum absolute atomic E-state index is 0.0927. The quantitative estimate of drug-likeness (QED) is 0.698. The van der Waals surface area contributed by atoms with Crippen LogP contribution in [-0.2, 0) is 0 Å². The van der Waals surface area contributed by atoms with E-state index in [-0.39, 0.29) is 45.2 Å². The Labute approximate surface area is 91.8 Å². The van der Waals surface area contributed by atoms with Gasteiger partial charge in [0, 0.05) is 0 Å². The van der Waals surface area contributed by atoms with Crippen molar-refractivity contribution >= 4 is 23.9 Å². The fraction of sp³-hybridized carbons (Fsp3) is 0. The molecule has 0 nitrogen and oxygen atoms in total. The molecule has 64 valence electrons. The molecule has 0 heterocycles. The molecule has 0 atom stereocenters. The molecule has 13 heavy (non-hydrogen) atoms. The van der Waals surface area contributed by atoms with Crippen LogP contribution in [0.25, 0.3) is 0 Å². The van der Waals surface area contributed by atoms with Gasteiger partial charge in [-0.25, -0.2) is 0 Å². The van der Waals surface area contributed by atoms with E-state index in [1.165, 1.54) is 0 Å². The van der Waals surface area contributed by atoms with Gasteiger partial charge in [-0.3, -0.25) is 0 Å². The first-order valence-electron chi connectivity index (χ1n) is 6.32. The van der Waals surface area contributed by atoms with E-state index in [1.54, 1.807) is 0 Å². The molecule has 0 radical (unpaired) electrons. The van der Waals surface area contributed by atoms with Crippen LogP contribution >= 0.6 is 0 Å². The predicted octanol–water partition coefficient (Wildman–Crippen LogP) is 1.34. The van der Waals surface area contributed by atoms with E-state index in [0.717, 1.165) is 4.46 Å². The van der Waals surface area contributed by atoms with Crippen LogP contribution in [0.2, 0.25) is 0 Å². The first-order valence-corrected chi connectivity index (χ1v) is 5.53. The van der Waals surface area contributed by atoms with Gasteiger partial charge in [0.1, 0.15) is 0 Å². The van der Waals surface area contributed by atoms with Gasteiger partial charge < -0.3 is 0 Å². The van der Waals surface area contributed by atoms with Crippen molar-refractivity contribution in [2.45, 2.75) is 0 Å². The Morgan fingerprint density at radius 2 is 1.54 bits per heavy atom. The van der Waals surface area contributed by atoms with Crippen LogP contribution in [0.1, 0.15) is 6.85 Å². The number of rotatable bonds is 2. The maximum atomic E-state index is 7.83. The second-order valence-corrected chi connectivity index (χ2v) is 4.64. The number of hydrogen-bond acceptors (Lipinski definition) is 0. The third kappa shape index (κ3) is 2.45. The van der Waals surface area contributed by atoms with Gasteiger partial charge in [0.2, 0.25) is 0 Å². The molecule has 0 saturated carbocycles. The molecule has 0 aromatic heterocycles. The summed E-state index contributed by atoms with van der Waals surface area (Å²) in [7, 11) is 0. The molecule has 0 fully saturated rings. The molecular formula is C12H10Se. The first-order chi connectivity index (χ1) is 8.52. The van der Waals surface area contributed by atoms with Gasteiger partial charge in [0.15, 0.2) is 0 Å². The van der Waals surface area contributed by atoms with Crippen molar-refractivity contribution in [1.29, 1.82) is 0 Å². The summed E-state index contributed by atoms with van der Waals surface area (Å²) in [5.74, 6) is 0. The van der Waals surface area contributed by atoms with Gasteiger partial charge in [-0.2, -0.15) is 0 Å². The van der Waals surface area contributed by atoms with E-state index in [9.17, 15) is 0 Å². The molecule has 0 unspecified atom stereocenters. The normalized spacial score (nSPS) is 15.2. The Morgan fingerprint density at radius 3 is 2.23 bits per heavy atom. The summed E-state index contributed by atoms with van der Waals surface area (Å²) in [6.07, 6.45) is 0. The monoisotopic (exact) mass is 244 g/mol. The third-order valence-electron chi connectivity index (χ3n) is 1.44. The van der Waals surface area contributed by atoms with E-state index >= 15 is 0 Å². The van der Waals surface area contributed by atoms with Crippen molar-refractivity contribution in [3.05, 3.63) is 60.5 Å². The summed E-state index contributed by atoms with van der Waals surface area (Å²) in [5, 5.41) is 0. The average molecular weight is 243 g/mol. The summed E-state index contributed by atoms with van der Waals surface area (Å²) in [5.41, 5.74) is 0. The second-order valence-electron chi connectivity index (χ2n) is 2.37. The Bertz CT molecular complexity index is 554. The Morgan fingerprint density at radius 1 is 0.846 bits per heavy atom. The molecule has 0 N–H and O–H groups in total. The zero-order valence-corrected chi connectivity index (χ0v) is 8.51. The van der Waals surface area contributed by atoms with Gasteiger partial charge in [-0.05, 0) is 0 Å². The molecular weight excluding hydrogens is 223 g/mol. The van der Waals surface area contributed by atoms with Crippen molar-refractivity contribution in [3.8, 4) is 0 Å². The van der Waals surface area contributed by atoms with Crippen LogP contribution in [0.3, 0.4) is 0 Å². The molecule has 2 aromatic rings. The second kappa shape index (κ2) is 4.27. The fourth-order valence-corrected chi connectivity index (χ4v) is 2.43. The minimum atomic E-state index is -0.336. The van der Waals surface area contributed by atoms with Gasteiger partial charge in [-0.1, -0.05) is 0 Å². The Hall–Kier alpha value is -1.04. The molecule has 0 amide bonds. The molecule has 0 aliphatic heterocycles. The van der Waals surface area contributed by atoms with Crippen LogP contribution < -0.4 is 8.92 Å². The zero-order chi connectivity index (χ0) is 13.3. The Balaban J connectivity index is 2.52. The molecule has 2 aromatic carbocycles. The summed E-state index contributed by atoms with van der Waals surface area (Å²) in [6, 6.07) is 8.42. The molecule has 0 spiro atoms. The van der Waals surface area contributed by atoms with Crippen LogP contribution in [0.4, 0.5) is 0 Å². The molecule has 0 aliphatic rings. The first kappa shape index (κ1) is 4.45. The van der Waals surface area contributed by atoms with E-state index < -0.39 is 0 Å². The molecule has 0 aliphatic carbocycles. The van der Waals surface area contributed by atoms with Gasteiger partial charge in [-0.15, -0.1) is 0 Å². The summed E-state index contributed by atoms with van der Waals surface area (Å²) >= 11 is -0.283. The van der Waals surface area contributed by atoms with Gasteiger partial charge >= 0.3 is 91.3 Å². The van der Waals surface area contributed by atoms with E-state index in [0.29, 0.717) is 4.46 Å². The summed E-state index contributed by atoms with van der Waals surface area (Å²) in [6.45, 7) is 0. The number of hydrogen-bond donors (Lipinski definition) is 0. The summed E-state index contributed by atoms with van der Waals surface area (Å²) in [4.78, 5) is 0. The van der Waals surface area contributed by atoms with Gasteiger partial charge in [0.05, 0.1) is 0 Å². The van der Waals surface area contributed by atoms with E-state index in [1.807, 2.05) is 30.3 Å². The van der Waals surface area contributed by atoms with Crippen molar-refractivity contribution in [3.63, 3.8) is 0 Å². The van der Waals surface area contributed by atoms with Crippen molar-refractivity contribution in [2.24, 2.45) is 0 Å². The van der Waals surface area contributed by atoms with Crippen molar-refractivity contribution in [1.82, 2.24) is 0 Å². The molecule has 0 saturated heterocycles. The molecule has 2 rings (SSSR count). The van der Waals surface area contributed by atoms with Crippen molar-refractivity contribution < 1.29 is 6.85 Å². The molecule has 1 heteroatoms.